The highest BCUT2D eigenvalue weighted by Gasteiger charge is 2.24. The predicted octanol–water partition coefficient (Wildman–Crippen LogP) is 0.486. The van der Waals surface area contributed by atoms with Gasteiger partial charge in [0.05, 0.1) is 36.8 Å². The second kappa shape index (κ2) is 7.20. The van der Waals surface area contributed by atoms with Crippen molar-refractivity contribution in [2.24, 2.45) is 0 Å². The van der Waals surface area contributed by atoms with Gasteiger partial charge in [-0.1, -0.05) is 0 Å². The Morgan fingerprint density at radius 3 is 3.00 bits per heavy atom. The van der Waals surface area contributed by atoms with Crippen LogP contribution in [0.2, 0.25) is 0 Å². The molecule has 0 aromatic carbocycles. The Hall–Kier alpha value is -2.19. The van der Waals surface area contributed by atoms with Crippen LogP contribution in [0.1, 0.15) is 53.7 Å². The second-order valence-electron chi connectivity index (χ2n) is 7.13. The molecule has 1 aliphatic carbocycles. The van der Waals surface area contributed by atoms with Gasteiger partial charge in [0.25, 0.3) is 0 Å². The summed E-state index contributed by atoms with van der Waals surface area (Å²) < 4.78 is 1.81. The molecular weight excluding hydrogens is 334 g/mol. The van der Waals surface area contributed by atoms with Gasteiger partial charge >= 0.3 is 0 Å². The molecule has 1 atom stereocenters. The van der Waals surface area contributed by atoms with Gasteiger partial charge in [-0.05, 0) is 37.3 Å². The zero-order chi connectivity index (χ0) is 18.1. The van der Waals surface area contributed by atoms with E-state index in [1.165, 1.54) is 24.1 Å². The van der Waals surface area contributed by atoms with Gasteiger partial charge in [0, 0.05) is 25.1 Å². The van der Waals surface area contributed by atoms with Crippen LogP contribution in [0.4, 0.5) is 0 Å². The molecule has 2 aromatic heterocycles. The average Bonchev–Trinajstić information content (AvgIpc) is 3.28. The number of amides is 1. The fraction of sp³-hybridized carbons (Fsp3) is 0.611. The number of nitrogens with zero attached hydrogens (tertiary/aromatic N) is 4. The first-order valence-electron chi connectivity index (χ1n) is 9.34. The Morgan fingerprint density at radius 1 is 1.31 bits per heavy atom. The lowest BCUT2D eigenvalue weighted by Crippen LogP contribution is -2.38. The zero-order valence-corrected chi connectivity index (χ0v) is 14.8. The van der Waals surface area contributed by atoms with E-state index in [0.717, 1.165) is 24.2 Å². The molecule has 0 fully saturated rings. The number of rotatable bonds is 5. The minimum absolute atomic E-state index is 0.120. The molecule has 8 nitrogen and oxygen atoms in total. The molecule has 0 radical (unpaired) electrons. The summed E-state index contributed by atoms with van der Waals surface area (Å²) in [6.45, 7) is 1.35. The summed E-state index contributed by atoms with van der Waals surface area (Å²) in [4.78, 5) is 14.5. The number of hydrogen-bond acceptors (Lipinski definition) is 5. The number of aryl methyl sites for hydroxylation is 2. The minimum atomic E-state index is -0.969. The highest BCUT2D eigenvalue weighted by atomic mass is 16.3. The van der Waals surface area contributed by atoms with Crippen LogP contribution < -0.4 is 0 Å². The number of hydrogen-bond donors (Lipinski definition) is 3. The SMILES string of the molecule is O=C(CCc1n[nH]c2c1CCCC2)N1CCn2nc(C(O)CO)cc2C1. The van der Waals surface area contributed by atoms with Crippen molar-refractivity contribution in [2.45, 2.75) is 57.7 Å². The fourth-order valence-electron chi connectivity index (χ4n) is 3.90. The minimum Gasteiger partial charge on any atom is -0.393 e. The summed E-state index contributed by atoms with van der Waals surface area (Å²) in [7, 11) is 0. The standard InChI is InChI=1S/C18H25N5O3/c24-11-17(25)16-9-12-10-22(7-8-23(12)21-16)18(26)6-5-15-13-3-1-2-4-14(13)19-20-15/h9,17,24-25H,1-8,10-11H2,(H,19,20). The number of aliphatic hydroxyl groups excluding tert-OH is 2. The van der Waals surface area contributed by atoms with Gasteiger partial charge < -0.3 is 15.1 Å². The largest absolute Gasteiger partial charge is 0.393 e. The van der Waals surface area contributed by atoms with E-state index in [9.17, 15) is 9.90 Å². The Balaban J connectivity index is 1.37. The van der Waals surface area contributed by atoms with E-state index in [2.05, 4.69) is 15.3 Å². The van der Waals surface area contributed by atoms with Gasteiger partial charge in [-0.25, -0.2) is 0 Å². The van der Waals surface area contributed by atoms with Crippen LogP contribution in [-0.2, 0) is 37.1 Å². The maximum atomic E-state index is 12.6. The number of aliphatic hydroxyl groups is 2. The van der Waals surface area contributed by atoms with Crippen molar-refractivity contribution in [1.29, 1.82) is 0 Å². The monoisotopic (exact) mass is 359 g/mol. The normalized spacial score (nSPS) is 17.7. The third-order valence-electron chi connectivity index (χ3n) is 5.40. The highest BCUT2D eigenvalue weighted by Crippen LogP contribution is 2.24. The first kappa shape index (κ1) is 17.2. The smallest absolute Gasteiger partial charge is 0.223 e. The van der Waals surface area contributed by atoms with Crippen molar-refractivity contribution in [3.8, 4) is 0 Å². The van der Waals surface area contributed by atoms with E-state index >= 15 is 0 Å². The summed E-state index contributed by atoms with van der Waals surface area (Å²) in [6, 6.07) is 1.77. The van der Waals surface area contributed by atoms with Crippen LogP contribution in [0.25, 0.3) is 0 Å². The molecule has 4 rings (SSSR count). The number of nitrogens with one attached hydrogen (secondary N) is 1. The number of fused-ring (bicyclic) bond motifs is 2. The first-order chi connectivity index (χ1) is 12.7. The summed E-state index contributed by atoms with van der Waals surface area (Å²) in [5.74, 6) is 0.120. The fourth-order valence-corrected chi connectivity index (χ4v) is 3.90. The van der Waals surface area contributed by atoms with Gasteiger partial charge in [-0.15, -0.1) is 0 Å². The summed E-state index contributed by atoms with van der Waals surface area (Å²) in [5.41, 5.74) is 4.96. The van der Waals surface area contributed by atoms with Crippen LogP contribution in [0.15, 0.2) is 6.07 Å². The van der Waals surface area contributed by atoms with Gasteiger partial charge in [0.1, 0.15) is 6.10 Å². The molecule has 0 spiro atoms. The highest BCUT2D eigenvalue weighted by molar-refractivity contribution is 5.76. The van der Waals surface area contributed by atoms with Crippen molar-refractivity contribution in [3.63, 3.8) is 0 Å². The van der Waals surface area contributed by atoms with Crippen LogP contribution in [0, 0.1) is 0 Å². The lowest BCUT2D eigenvalue weighted by Gasteiger charge is -2.27. The number of aromatic nitrogens is 4. The Kier molecular flexibility index (Phi) is 4.78. The van der Waals surface area contributed by atoms with Gasteiger partial charge in [-0.3, -0.25) is 14.6 Å². The summed E-state index contributed by atoms with van der Waals surface area (Å²) in [6.07, 6.45) is 4.70. The van der Waals surface area contributed by atoms with Crippen LogP contribution in [0.3, 0.4) is 0 Å². The number of aromatic amines is 1. The van der Waals surface area contributed by atoms with Gasteiger partial charge in [0.2, 0.25) is 5.91 Å². The second-order valence-corrected chi connectivity index (χ2v) is 7.13. The van der Waals surface area contributed by atoms with E-state index in [0.29, 0.717) is 38.2 Å². The van der Waals surface area contributed by atoms with E-state index < -0.39 is 6.10 Å². The van der Waals surface area contributed by atoms with Crippen molar-refractivity contribution in [3.05, 3.63) is 34.4 Å². The number of carbonyl (C=O) groups is 1. The van der Waals surface area contributed by atoms with E-state index in [1.807, 2.05) is 9.58 Å². The molecule has 3 heterocycles. The van der Waals surface area contributed by atoms with Crippen molar-refractivity contribution < 1.29 is 15.0 Å². The van der Waals surface area contributed by atoms with Crippen molar-refractivity contribution >= 4 is 5.91 Å². The van der Waals surface area contributed by atoms with Crippen molar-refractivity contribution in [2.75, 3.05) is 13.2 Å². The molecule has 26 heavy (non-hydrogen) atoms. The molecule has 2 aromatic rings. The Labute approximate surface area is 151 Å². The van der Waals surface area contributed by atoms with Gasteiger partial charge in [0.15, 0.2) is 0 Å². The third-order valence-corrected chi connectivity index (χ3v) is 5.40. The van der Waals surface area contributed by atoms with Gasteiger partial charge in [-0.2, -0.15) is 10.2 Å². The molecule has 1 aliphatic heterocycles. The molecule has 0 saturated carbocycles. The molecule has 1 amide bonds. The molecule has 8 heteroatoms. The maximum Gasteiger partial charge on any atom is 0.223 e. The number of carbonyl (C=O) groups excluding carboxylic acids is 1. The molecule has 0 saturated heterocycles. The van der Waals surface area contributed by atoms with E-state index in [1.54, 1.807) is 6.07 Å². The molecule has 2 aliphatic rings. The number of H-pyrrole nitrogens is 1. The quantitative estimate of drug-likeness (QED) is 0.720. The summed E-state index contributed by atoms with van der Waals surface area (Å²) >= 11 is 0. The van der Waals surface area contributed by atoms with E-state index in [4.69, 9.17) is 5.11 Å². The molecule has 3 N–H and O–H groups in total. The topological polar surface area (TPSA) is 107 Å². The molecular formula is C18H25N5O3. The van der Waals surface area contributed by atoms with Crippen LogP contribution in [-0.4, -0.2) is 54.1 Å². The Bertz CT molecular complexity index is 797. The maximum absolute atomic E-state index is 12.6. The first-order valence-corrected chi connectivity index (χ1v) is 9.34. The predicted molar refractivity (Wildman–Crippen MR) is 93.2 cm³/mol. The Morgan fingerprint density at radius 2 is 2.15 bits per heavy atom. The lowest BCUT2D eigenvalue weighted by molar-refractivity contribution is -0.132. The zero-order valence-electron chi connectivity index (χ0n) is 14.8. The van der Waals surface area contributed by atoms with Crippen LogP contribution >= 0.6 is 0 Å². The average molecular weight is 359 g/mol. The van der Waals surface area contributed by atoms with Crippen molar-refractivity contribution in [1.82, 2.24) is 24.9 Å². The third kappa shape index (κ3) is 3.26. The lowest BCUT2D eigenvalue weighted by atomic mass is 9.94. The molecule has 0 bridgehead atoms. The molecule has 1 unspecified atom stereocenters. The van der Waals surface area contributed by atoms with Crippen LogP contribution in [0.5, 0.6) is 0 Å². The summed E-state index contributed by atoms with van der Waals surface area (Å²) in [5, 5.41) is 30.6. The molecule has 140 valence electrons. The van der Waals surface area contributed by atoms with E-state index in [-0.39, 0.29) is 12.5 Å².